The summed E-state index contributed by atoms with van der Waals surface area (Å²) in [7, 11) is 1.70. The molecule has 27 heavy (non-hydrogen) atoms. The lowest BCUT2D eigenvalue weighted by atomic mass is 10.1. The lowest BCUT2D eigenvalue weighted by molar-refractivity contribution is -0.118. The Hall–Kier alpha value is -2.89. The number of nitrogens with one attached hydrogen (secondary N) is 2. The Labute approximate surface area is 159 Å². The predicted molar refractivity (Wildman–Crippen MR) is 105 cm³/mol. The van der Waals surface area contributed by atoms with E-state index in [1.165, 1.54) is 12.1 Å². The monoisotopic (exact) mass is 371 g/mol. The maximum atomic E-state index is 13.0. The minimum absolute atomic E-state index is 0.0348. The molecule has 0 aliphatic rings. The number of halogens is 1. The van der Waals surface area contributed by atoms with Gasteiger partial charge in [0.15, 0.2) is 0 Å². The van der Waals surface area contributed by atoms with Crippen molar-refractivity contribution in [2.75, 3.05) is 12.4 Å². The Kier molecular flexibility index (Phi) is 6.93. The first-order valence-corrected chi connectivity index (χ1v) is 8.94. The second kappa shape index (κ2) is 9.16. The van der Waals surface area contributed by atoms with Crippen LogP contribution in [-0.4, -0.2) is 23.9 Å². The first-order valence-electron chi connectivity index (χ1n) is 8.94. The Bertz CT molecular complexity index is 773. The summed E-state index contributed by atoms with van der Waals surface area (Å²) < 4.78 is 13.0. The molecule has 6 heteroatoms. The molecule has 1 atom stereocenters. The molecular weight excluding hydrogens is 345 g/mol. The molecular formula is C21H26FN3O2. The number of benzene rings is 2. The molecule has 2 aromatic rings. The van der Waals surface area contributed by atoms with Crippen LogP contribution in [0.5, 0.6) is 0 Å². The summed E-state index contributed by atoms with van der Waals surface area (Å²) in [5.74, 6) is -0.416. The predicted octanol–water partition coefficient (Wildman–Crippen LogP) is 4.32. The fourth-order valence-corrected chi connectivity index (χ4v) is 2.44. The van der Waals surface area contributed by atoms with E-state index >= 15 is 0 Å². The number of nitrogens with zero attached hydrogens (tertiary/aromatic N) is 1. The summed E-state index contributed by atoms with van der Waals surface area (Å²) in [5, 5.41) is 5.69. The van der Waals surface area contributed by atoms with Gasteiger partial charge in [-0.1, -0.05) is 38.1 Å². The molecule has 2 aromatic carbocycles. The normalized spacial score (nSPS) is 11.8. The van der Waals surface area contributed by atoms with Crippen LogP contribution in [-0.2, 0) is 11.3 Å². The highest BCUT2D eigenvalue weighted by atomic mass is 19.1. The smallest absolute Gasteiger partial charge is 0.317 e. The van der Waals surface area contributed by atoms with Crippen LogP contribution in [0.3, 0.4) is 0 Å². The first-order chi connectivity index (χ1) is 12.8. The summed E-state index contributed by atoms with van der Waals surface area (Å²) >= 11 is 0. The SMILES string of the molecule is CC(C)C(=O)Nc1ccc(CNC(=O)N(C)[C@@H](C)c2ccc(F)cc2)cc1. The molecule has 0 spiro atoms. The van der Waals surface area contributed by atoms with Crippen LogP contribution in [0.1, 0.15) is 37.9 Å². The van der Waals surface area contributed by atoms with E-state index in [4.69, 9.17) is 0 Å². The maximum absolute atomic E-state index is 13.0. The second-order valence-electron chi connectivity index (χ2n) is 6.84. The van der Waals surface area contributed by atoms with Crippen LogP contribution in [0.25, 0.3) is 0 Å². The van der Waals surface area contributed by atoms with E-state index in [0.29, 0.717) is 6.54 Å². The zero-order valence-electron chi connectivity index (χ0n) is 16.1. The number of hydrogen-bond donors (Lipinski definition) is 2. The van der Waals surface area contributed by atoms with Gasteiger partial charge in [-0.3, -0.25) is 4.79 Å². The number of rotatable bonds is 6. The molecule has 0 radical (unpaired) electrons. The van der Waals surface area contributed by atoms with Crippen molar-refractivity contribution in [2.45, 2.75) is 33.4 Å². The number of urea groups is 1. The summed E-state index contributed by atoms with van der Waals surface area (Å²) in [6.07, 6.45) is 0. The van der Waals surface area contributed by atoms with E-state index in [1.54, 1.807) is 24.1 Å². The van der Waals surface area contributed by atoms with Gasteiger partial charge in [0.25, 0.3) is 0 Å². The van der Waals surface area contributed by atoms with Gasteiger partial charge in [-0.15, -0.1) is 0 Å². The van der Waals surface area contributed by atoms with Gasteiger partial charge in [0.05, 0.1) is 6.04 Å². The van der Waals surface area contributed by atoms with E-state index in [0.717, 1.165) is 16.8 Å². The van der Waals surface area contributed by atoms with E-state index < -0.39 is 0 Å². The molecule has 0 unspecified atom stereocenters. The molecule has 0 fully saturated rings. The highest BCUT2D eigenvalue weighted by Gasteiger charge is 2.17. The molecule has 2 N–H and O–H groups in total. The van der Waals surface area contributed by atoms with E-state index in [9.17, 15) is 14.0 Å². The molecule has 0 heterocycles. The number of carbonyl (C=O) groups is 2. The molecule has 0 aromatic heterocycles. The van der Waals surface area contributed by atoms with Gasteiger partial charge in [0.2, 0.25) is 5.91 Å². The van der Waals surface area contributed by atoms with Gasteiger partial charge in [-0.25, -0.2) is 9.18 Å². The van der Waals surface area contributed by atoms with Gasteiger partial charge in [-0.05, 0) is 42.3 Å². The summed E-state index contributed by atoms with van der Waals surface area (Å²) in [4.78, 5) is 25.6. The molecule has 0 bridgehead atoms. The van der Waals surface area contributed by atoms with Gasteiger partial charge < -0.3 is 15.5 Å². The highest BCUT2D eigenvalue weighted by molar-refractivity contribution is 5.92. The molecule has 0 saturated carbocycles. The fraction of sp³-hybridized carbons (Fsp3) is 0.333. The minimum atomic E-state index is -0.300. The number of amides is 3. The Morgan fingerprint density at radius 3 is 2.15 bits per heavy atom. The van der Waals surface area contributed by atoms with Crippen molar-refractivity contribution < 1.29 is 14.0 Å². The molecule has 0 aliphatic heterocycles. The Balaban J connectivity index is 1.88. The maximum Gasteiger partial charge on any atom is 0.317 e. The van der Waals surface area contributed by atoms with Crippen molar-refractivity contribution in [3.8, 4) is 0 Å². The Morgan fingerprint density at radius 2 is 1.59 bits per heavy atom. The zero-order chi connectivity index (χ0) is 20.0. The second-order valence-corrected chi connectivity index (χ2v) is 6.84. The van der Waals surface area contributed by atoms with Crippen molar-refractivity contribution in [3.63, 3.8) is 0 Å². The van der Waals surface area contributed by atoms with Crippen molar-refractivity contribution in [1.82, 2.24) is 10.2 Å². The van der Waals surface area contributed by atoms with Crippen molar-refractivity contribution in [2.24, 2.45) is 5.92 Å². The molecule has 2 rings (SSSR count). The summed E-state index contributed by atoms with van der Waals surface area (Å²) in [6.45, 7) is 5.93. The standard InChI is InChI=1S/C21H26FN3O2/c1-14(2)20(26)24-19-11-5-16(6-12-19)13-23-21(27)25(4)15(3)17-7-9-18(22)10-8-17/h5-12,14-15H,13H2,1-4H3,(H,23,27)(H,24,26)/t15-/m0/s1. The lowest BCUT2D eigenvalue weighted by Crippen LogP contribution is -2.38. The largest absolute Gasteiger partial charge is 0.334 e. The van der Waals surface area contributed by atoms with E-state index in [2.05, 4.69) is 10.6 Å². The zero-order valence-corrected chi connectivity index (χ0v) is 16.1. The van der Waals surface area contributed by atoms with E-state index in [1.807, 2.05) is 45.0 Å². The van der Waals surface area contributed by atoms with Crippen LogP contribution >= 0.6 is 0 Å². The van der Waals surface area contributed by atoms with Gasteiger partial charge >= 0.3 is 6.03 Å². The average Bonchev–Trinajstić information content (AvgIpc) is 2.66. The van der Waals surface area contributed by atoms with Crippen molar-refractivity contribution in [3.05, 3.63) is 65.5 Å². The third kappa shape index (κ3) is 5.81. The van der Waals surface area contributed by atoms with Crippen LogP contribution in [0, 0.1) is 11.7 Å². The molecule has 0 saturated heterocycles. The van der Waals surface area contributed by atoms with E-state index in [-0.39, 0.29) is 29.7 Å². The van der Waals surface area contributed by atoms with Crippen molar-refractivity contribution >= 4 is 17.6 Å². The molecule has 0 aliphatic carbocycles. The fourth-order valence-electron chi connectivity index (χ4n) is 2.44. The third-order valence-corrected chi connectivity index (χ3v) is 4.44. The van der Waals surface area contributed by atoms with Gasteiger partial charge in [0, 0.05) is 25.2 Å². The first kappa shape index (κ1) is 20.4. The van der Waals surface area contributed by atoms with Gasteiger partial charge in [-0.2, -0.15) is 0 Å². The summed E-state index contributed by atoms with van der Waals surface area (Å²) in [6, 6.07) is 13.1. The topological polar surface area (TPSA) is 61.4 Å². The highest BCUT2D eigenvalue weighted by Crippen LogP contribution is 2.19. The number of carbonyl (C=O) groups excluding carboxylic acids is 2. The van der Waals surface area contributed by atoms with Crippen LogP contribution in [0.15, 0.2) is 48.5 Å². The lowest BCUT2D eigenvalue weighted by Gasteiger charge is -2.25. The van der Waals surface area contributed by atoms with Gasteiger partial charge in [0.1, 0.15) is 5.82 Å². The van der Waals surface area contributed by atoms with Crippen LogP contribution in [0.4, 0.5) is 14.9 Å². The Morgan fingerprint density at radius 1 is 1.00 bits per heavy atom. The number of hydrogen-bond acceptors (Lipinski definition) is 2. The third-order valence-electron chi connectivity index (χ3n) is 4.44. The van der Waals surface area contributed by atoms with Crippen molar-refractivity contribution in [1.29, 1.82) is 0 Å². The van der Waals surface area contributed by atoms with Crippen LogP contribution in [0.2, 0.25) is 0 Å². The molecule has 3 amide bonds. The van der Waals surface area contributed by atoms with Crippen LogP contribution < -0.4 is 10.6 Å². The summed E-state index contributed by atoms with van der Waals surface area (Å²) in [5.41, 5.74) is 2.51. The average molecular weight is 371 g/mol. The molecule has 5 nitrogen and oxygen atoms in total. The minimum Gasteiger partial charge on any atom is -0.334 e. The number of anilines is 1. The quantitative estimate of drug-likeness (QED) is 0.794. The molecule has 144 valence electrons.